The second-order valence-electron chi connectivity index (χ2n) is 5.41. The van der Waals surface area contributed by atoms with Gasteiger partial charge in [0.05, 0.1) is 18.2 Å². The Morgan fingerprint density at radius 3 is 2.55 bits per heavy atom. The first-order valence-corrected chi connectivity index (χ1v) is 7.16. The van der Waals surface area contributed by atoms with Gasteiger partial charge in [-0.25, -0.2) is 0 Å². The zero-order chi connectivity index (χ0) is 15.5. The van der Waals surface area contributed by atoms with Crippen LogP contribution in [0.3, 0.4) is 0 Å². The van der Waals surface area contributed by atoms with Crippen molar-refractivity contribution >= 4 is 11.9 Å². The van der Waals surface area contributed by atoms with Crippen molar-refractivity contribution in [2.45, 2.75) is 18.9 Å². The van der Waals surface area contributed by atoms with Crippen LogP contribution in [0.2, 0.25) is 0 Å². The number of carboxylic acids is 1. The normalized spacial score (nSPS) is 19.5. The Bertz CT molecular complexity index is 683. The summed E-state index contributed by atoms with van der Waals surface area (Å²) in [6.45, 7) is 0.380. The highest BCUT2D eigenvalue weighted by atomic mass is 16.4. The first-order chi connectivity index (χ1) is 10.6. The maximum atomic E-state index is 12.1. The van der Waals surface area contributed by atoms with Gasteiger partial charge in [0.15, 0.2) is 0 Å². The molecule has 5 nitrogen and oxygen atoms in total. The van der Waals surface area contributed by atoms with Crippen LogP contribution in [0.1, 0.15) is 34.0 Å². The molecule has 1 aromatic carbocycles. The van der Waals surface area contributed by atoms with Crippen molar-refractivity contribution in [3.05, 3.63) is 65.5 Å². The van der Waals surface area contributed by atoms with Gasteiger partial charge in [-0.3, -0.25) is 14.6 Å². The lowest BCUT2D eigenvalue weighted by atomic mass is 10.1. The summed E-state index contributed by atoms with van der Waals surface area (Å²) in [6.07, 6.45) is 2.37. The van der Waals surface area contributed by atoms with Crippen molar-refractivity contribution < 1.29 is 14.7 Å². The Hall–Kier alpha value is -2.69. The van der Waals surface area contributed by atoms with Gasteiger partial charge in [-0.1, -0.05) is 18.2 Å². The summed E-state index contributed by atoms with van der Waals surface area (Å²) in [5, 5.41) is 11.7. The number of benzene rings is 1. The number of rotatable bonds is 5. The molecule has 1 amide bonds. The lowest BCUT2D eigenvalue weighted by molar-refractivity contribution is -0.138. The third-order valence-electron chi connectivity index (χ3n) is 3.86. The van der Waals surface area contributed by atoms with Gasteiger partial charge < -0.3 is 10.4 Å². The molecule has 0 aliphatic heterocycles. The van der Waals surface area contributed by atoms with Gasteiger partial charge in [-0.2, -0.15) is 0 Å². The van der Waals surface area contributed by atoms with Crippen molar-refractivity contribution in [2.24, 2.45) is 5.92 Å². The van der Waals surface area contributed by atoms with E-state index < -0.39 is 5.97 Å². The van der Waals surface area contributed by atoms with Crippen LogP contribution >= 0.6 is 0 Å². The third kappa shape index (κ3) is 3.14. The first-order valence-electron chi connectivity index (χ1n) is 7.16. The lowest BCUT2D eigenvalue weighted by Gasteiger charge is -2.06. The van der Waals surface area contributed by atoms with Gasteiger partial charge in [-0.05, 0) is 42.2 Å². The largest absolute Gasteiger partial charge is 0.481 e. The highest BCUT2D eigenvalue weighted by Gasteiger charge is 2.44. The van der Waals surface area contributed by atoms with Crippen LogP contribution in [0.5, 0.6) is 0 Å². The highest BCUT2D eigenvalue weighted by Crippen LogP contribution is 2.47. The maximum absolute atomic E-state index is 12.1. The number of aliphatic carboxylic acids is 1. The van der Waals surface area contributed by atoms with Crippen molar-refractivity contribution in [1.82, 2.24) is 10.3 Å². The molecule has 2 atom stereocenters. The summed E-state index contributed by atoms with van der Waals surface area (Å²) in [5.41, 5.74) is 2.34. The van der Waals surface area contributed by atoms with Crippen molar-refractivity contribution in [2.75, 3.05) is 0 Å². The third-order valence-corrected chi connectivity index (χ3v) is 3.86. The zero-order valence-corrected chi connectivity index (χ0v) is 11.9. The Morgan fingerprint density at radius 2 is 1.95 bits per heavy atom. The second kappa shape index (κ2) is 5.97. The average molecular weight is 296 g/mol. The molecule has 0 unspecified atom stereocenters. The van der Waals surface area contributed by atoms with Crippen molar-refractivity contribution in [3.8, 4) is 0 Å². The van der Waals surface area contributed by atoms with Gasteiger partial charge in [0.1, 0.15) is 0 Å². The molecule has 2 N–H and O–H groups in total. The second-order valence-corrected chi connectivity index (χ2v) is 5.41. The number of nitrogens with one attached hydrogen (secondary N) is 1. The number of hydrogen-bond donors (Lipinski definition) is 2. The molecular weight excluding hydrogens is 280 g/mol. The fourth-order valence-electron chi connectivity index (χ4n) is 2.49. The fourth-order valence-corrected chi connectivity index (χ4v) is 2.49. The molecular formula is C17H16N2O3. The molecule has 112 valence electrons. The molecule has 2 aromatic rings. The Balaban J connectivity index is 1.58. The van der Waals surface area contributed by atoms with E-state index in [0.29, 0.717) is 18.5 Å². The monoisotopic (exact) mass is 296 g/mol. The van der Waals surface area contributed by atoms with Crippen LogP contribution in [-0.2, 0) is 11.3 Å². The molecule has 0 saturated heterocycles. The molecule has 1 fully saturated rings. The number of hydrogen-bond acceptors (Lipinski definition) is 3. The van der Waals surface area contributed by atoms with E-state index in [2.05, 4.69) is 10.3 Å². The Kier molecular flexibility index (Phi) is 3.87. The van der Waals surface area contributed by atoms with Crippen LogP contribution in [0.4, 0.5) is 0 Å². The molecule has 1 aliphatic rings. The number of pyridine rings is 1. The predicted molar refractivity (Wildman–Crippen MR) is 80.3 cm³/mol. The maximum Gasteiger partial charge on any atom is 0.307 e. The van der Waals surface area contributed by atoms with E-state index >= 15 is 0 Å². The molecule has 0 spiro atoms. The van der Waals surface area contributed by atoms with Gasteiger partial charge in [0.2, 0.25) is 0 Å². The molecule has 1 saturated carbocycles. The van der Waals surface area contributed by atoms with E-state index in [0.717, 1.165) is 11.3 Å². The summed E-state index contributed by atoms with van der Waals surface area (Å²) in [7, 11) is 0. The van der Waals surface area contributed by atoms with E-state index in [9.17, 15) is 9.59 Å². The minimum atomic E-state index is -0.748. The summed E-state index contributed by atoms with van der Waals surface area (Å²) in [5.74, 6) is -1.10. The Morgan fingerprint density at radius 1 is 1.18 bits per heavy atom. The standard InChI is InChI=1S/C17H16N2O3/c20-16(19-10-13-3-1-2-8-18-13)12-6-4-11(5-7-12)14-9-15(14)17(21)22/h1-8,14-15H,9-10H2,(H,19,20)(H,21,22)/t14-,15+/m0/s1. The number of nitrogens with zero attached hydrogens (tertiary/aromatic N) is 1. The smallest absolute Gasteiger partial charge is 0.307 e. The van der Waals surface area contributed by atoms with E-state index in [1.165, 1.54) is 0 Å². The van der Waals surface area contributed by atoms with Gasteiger partial charge >= 0.3 is 5.97 Å². The van der Waals surface area contributed by atoms with Crippen LogP contribution in [0.25, 0.3) is 0 Å². The quantitative estimate of drug-likeness (QED) is 0.886. The van der Waals surface area contributed by atoms with E-state index in [1.807, 2.05) is 30.3 Å². The number of aromatic nitrogens is 1. The van der Waals surface area contributed by atoms with Crippen LogP contribution in [-0.4, -0.2) is 22.0 Å². The molecule has 0 radical (unpaired) electrons. The SMILES string of the molecule is O=C(NCc1ccccn1)c1ccc([C@@H]2C[C@H]2C(=O)O)cc1. The fraction of sp³-hybridized carbons (Fsp3) is 0.235. The summed E-state index contributed by atoms with van der Waals surface area (Å²) in [4.78, 5) is 27.1. The molecule has 3 rings (SSSR count). The summed E-state index contributed by atoms with van der Waals surface area (Å²) < 4.78 is 0. The van der Waals surface area contributed by atoms with Crippen LogP contribution < -0.4 is 5.32 Å². The molecule has 0 bridgehead atoms. The van der Waals surface area contributed by atoms with E-state index in [-0.39, 0.29) is 17.7 Å². The average Bonchev–Trinajstić information content (AvgIpc) is 3.35. The molecule has 5 heteroatoms. The van der Waals surface area contributed by atoms with E-state index in [4.69, 9.17) is 5.11 Å². The van der Waals surface area contributed by atoms with Crippen LogP contribution in [0.15, 0.2) is 48.7 Å². The first kappa shape index (κ1) is 14.3. The summed E-state index contributed by atoms with van der Waals surface area (Å²) >= 11 is 0. The molecule has 22 heavy (non-hydrogen) atoms. The van der Waals surface area contributed by atoms with Gasteiger partial charge in [0.25, 0.3) is 5.91 Å². The van der Waals surface area contributed by atoms with Gasteiger partial charge in [0, 0.05) is 11.8 Å². The minimum Gasteiger partial charge on any atom is -0.481 e. The number of amides is 1. The van der Waals surface area contributed by atoms with Crippen molar-refractivity contribution in [3.63, 3.8) is 0 Å². The number of carbonyl (C=O) groups excluding carboxylic acids is 1. The van der Waals surface area contributed by atoms with Crippen LogP contribution in [0, 0.1) is 5.92 Å². The molecule has 1 aliphatic carbocycles. The number of carbonyl (C=O) groups is 2. The zero-order valence-electron chi connectivity index (χ0n) is 11.9. The minimum absolute atomic E-state index is 0.0862. The summed E-state index contributed by atoms with van der Waals surface area (Å²) in [6, 6.07) is 12.7. The molecule has 1 heterocycles. The lowest BCUT2D eigenvalue weighted by Crippen LogP contribution is -2.23. The predicted octanol–water partition coefficient (Wildman–Crippen LogP) is 2.20. The van der Waals surface area contributed by atoms with E-state index in [1.54, 1.807) is 18.3 Å². The number of carboxylic acid groups (broad SMARTS) is 1. The highest BCUT2D eigenvalue weighted by molar-refractivity contribution is 5.94. The van der Waals surface area contributed by atoms with Crippen molar-refractivity contribution in [1.29, 1.82) is 0 Å². The Labute approximate surface area is 128 Å². The van der Waals surface area contributed by atoms with Gasteiger partial charge in [-0.15, -0.1) is 0 Å². The topological polar surface area (TPSA) is 79.3 Å². The molecule has 1 aromatic heterocycles.